The topological polar surface area (TPSA) is 63.9 Å². The number of hydrogen-bond acceptors (Lipinski definition) is 5. The van der Waals surface area contributed by atoms with Gasteiger partial charge in [-0.05, 0) is 95.3 Å². The van der Waals surface area contributed by atoms with Crippen LogP contribution in [-0.4, -0.2) is 19.9 Å². The standard InChI is InChI=1S/C49H37N5/c1-34-16-7-3-14-25-45(34)51-46(37-17-8-4-9-18-37)35(2)40-23-15-24-41(30-40)43-31-42(36-26-28-50-29-27-36)32-44(33-43)49-53-47(38-19-10-5-11-20-38)52-48(54-49)39-21-12-6-13-22-39/h3-33H,1-2H3/b46-35+,51-45-. The van der Waals surface area contributed by atoms with E-state index >= 15 is 0 Å². The Bertz CT molecular complexity index is 2600. The van der Waals surface area contributed by atoms with Gasteiger partial charge in [0.2, 0.25) is 0 Å². The van der Waals surface area contributed by atoms with Crippen LogP contribution < -0.4 is 5.36 Å². The minimum Gasteiger partial charge on any atom is -0.265 e. The molecule has 0 aliphatic rings. The Morgan fingerprint density at radius 3 is 1.52 bits per heavy atom. The van der Waals surface area contributed by atoms with Gasteiger partial charge in [0.05, 0.1) is 11.1 Å². The first-order valence-corrected chi connectivity index (χ1v) is 18.0. The van der Waals surface area contributed by atoms with Crippen molar-refractivity contribution >= 4 is 11.3 Å². The zero-order chi connectivity index (χ0) is 36.7. The Morgan fingerprint density at radius 2 is 0.889 bits per heavy atom. The molecule has 6 aromatic carbocycles. The van der Waals surface area contributed by atoms with Crippen LogP contribution in [0.1, 0.15) is 23.6 Å². The molecule has 0 unspecified atom stereocenters. The van der Waals surface area contributed by atoms with Gasteiger partial charge in [-0.3, -0.25) is 4.98 Å². The quantitative estimate of drug-likeness (QED) is 0.148. The van der Waals surface area contributed by atoms with Crippen molar-refractivity contribution < 1.29 is 0 Å². The van der Waals surface area contributed by atoms with E-state index in [0.29, 0.717) is 17.5 Å². The summed E-state index contributed by atoms with van der Waals surface area (Å²) >= 11 is 0. The lowest BCUT2D eigenvalue weighted by molar-refractivity contribution is 1.07. The number of hydrogen-bond donors (Lipinski definition) is 0. The smallest absolute Gasteiger partial charge is 0.164 e. The second-order valence-corrected chi connectivity index (χ2v) is 13.1. The average Bonchev–Trinajstić information content (AvgIpc) is 3.46. The highest BCUT2D eigenvalue weighted by atomic mass is 15.0. The summed E-state index contributed by atoms with van der Waals surface area (Å²) in [6, 6.07) is 60.1. The van der Waals surface area contributed by atoms with Crippen molar-refractivity contribution in [1.82, 2.24) is 19.9 Å². The third kappa shape index (κ3) is 7.57. The fraction of sp³-hybridized carbons (Fsp3) is 0.0408. The number of aryl methyl sites for hydroxylation is 1. The Balaban J connectivity index is 1.31. The van der Waals surface area contributed by atoms with Gasteiger partial charge in [0.25, 0.3) is 0 Å². The summed E-state index contributed by atoms with van der Waals surface area (Å²) in [5.74, 6) is 1.85. The highest BCUT2D eigenvalue weighted by Crippen LogP contribution is 2.35. The Hall–Kier alpha value is -7.11. The van der Waals surface area contributed by atoms with E-state index in [2.05, 4.69) is 97.7 Å². The lowest BCUT2D eigenvalue weighted by atomic mass is 9.93. The number of benzene rings is 5. The maximum atomic E-state index is 5.27. The maximum Gasteiger partial charge on any atom is 0.164 e. The summed E-state index contributed by atoms with van der Waals surface area (Å²) in [5.41, 5.74) is 12.2. The zero-order valence-electron chi connectivity index (χ0n) is 30.1. The summed E-state index contributed by atoms with van der Waals surface area (Å²) in [6.07, 6.45) is 3.65. The third-order valence-corrected chi connectivity index (χ3v) is 9.39. The van der Waals surface area contributed by atoms with Crippen LogP contribution >= 0.6 is 0 Å². The molecule has 2 heterocycles. The fourth-order valence-corrected chi connectivity index (χ4v) is 6.48. The van der Waals surface area contributed by atoms with E-state index < -0.39 is 0 Å². The van der Waals surface area contributed by atoms with Crippen molar-refractivity contribution in [2.45, 2.75) is 13.8 Å². The monoisotopic (exact) mass is 695 g/mol. The van der Waals surface area contributed by atoms with Crippen molar-refractivity contribution in [3.05, 3.63) is 210 Å². The molecule has 2 aromatic heterocycles. The summed E-state index contributed by atoms with van der Waals surface area (Å²) in [4.78, 5) is 24.6. The van der Waals surface area contributed by atoms with E-state index in [4.69, 9.17) is 19.9 Å². The van der Waals surface area contributed by atoms with E-state index in [1.54, 1.807) is 0 Å². The van der Waals surface area contributed by atoms with Gasteiger partial charge in [0.15, 0.2) is 17.5 Å². The second kappa shape index (κ2) is 15.6. The lowest BCUT2D eigenvalue weighted by Gasteiger charge is -2.14. The van der Waals surface area contributed by atoms with Crippen LogP contribution in [-0.2, 0) is 0 Å². The van der Waals surface area contributed by atoms with Crippen LogP contribution in [0.15, 0.2) is 193 Å². The van der Waals surface area contributed by atoms with E-state index in [1.807, 2.05) is 109 Å². The highest BCUT2D eigenvalue weighted by molar-refractivity contribution is 5.91. The minimum atomic E-state index is 0.601. The average molecular weight is 696 g/mol. The van der Waals surface area contributed by atoms with Crippen molar-refractivity contribution in [3.63, 3.8) is 0 Å². The van der Waals surface area contributed by atoms with E-state index in [-0.39, 0.29) is 0 Å². The van der Waals surface area contributed by atoms with Crippen LogP contribution in [0.5, 0.6) is 0 Å². The predicted molar refractivity (Wildman–Crippen MR) is 220 cm³/mol. The molecule has 54 heavy (non-hydrogen) atoms. The maximum absolute atomic E-state index is 5.27. The molecule has 0 aliphatic carbocycles. The second-order valence-electron chi connectivity index (χ2n) is 13.1. The first kappa shape index (κ1) is 34.0. The van der Waals surface area contributed by atoms with Crippen molar-refractivity contribution in [3.8, 4) is 56.4 Å². The SMILES string of the molecule is C/C(=C(\N=c1\cccccc1C)c1ccccc1)c1cccc(-c2cc(-c3ccncc3)cc(-c3nc(-c4ccccc4)nc(-c4ccccc4)n3)c2)c1. The Kier molecular flexibility index (Phi) is 9.85. The molecule has 5 heteroatoms. The van der Waals surface area contributed by atoms with Crippen molar-refractivity contribution in [2.75, 3.05) is 0 Å². The van der Waals surface area contributed by atoms with Gasteiger partial charge >= 0.3 is 0 Å². The van der Waals surface area contributed by atoms with Crippen LogP contribution in [0, 0.1) is 6.92 Å². The predicted octanol–water partition coefficient (Wildman–Crippen LogP) is 11.4. The molecule has 0 radical (unpaired) electrons. The van der Waals surface area contributed by atoms with Gasteiger partial charge < -0.3 is 0 Å². The Morgan fingerprint density at radius 1 is 0.407 bits per heavy atom. The molecule has 0 fully saturated rings. The van der Waals surface area contributed by atoms with Gasteiger partial charge in [0.1, 0.15) is 0 Å². The number of nitrogens with zero attached hydrogens (tertiary/aromatic N) is 5. The van der Waals surface area contributed by atoms with Gasteiger partial charge in [-0.1, -0.05) is 133 Å². The minimum absolute atomic E-state index is 0.601. The molecule has 0 N–H and O–H groups in total. The zero-order valence-corrected chi connectivity index (χ0v) is 30.1. The number of aromatic nitrogens is 4. The molecule has 8 rings (SSSR count). The molecule has 0 bridgehead atoms. The van der Waals surface area contributed by atoms with E-state index in [9.17, 15) is 0 Å². The summed E-state index contributed by atoms with van der Waals surface area (Å²) in [5, 5.41) is 0.936. The summed E-state index contributed by atoms with van der Waals surface area (Å²) < 4.78 is 0. The van der Waals surface area contributed by atoms with Gasteiger partial charge in [-0.2, -0.15) is 0 Å². The molecule has 0 aliphatic heterocycles. The van der Waals surface area contributed by atoms with Crippen molar-refractivity contribution in [1.29, 1.82) is 0 Å². The van der Waals surface area contributed by atoms with Crippen LogP contribution in [0.4, 0.5) is 0 Å². The molecular weight excluding hydrogens is 659 g/mol. The summed E-state index contributed by atoms with van der Waals surface area (Å²) in [7, 11) is 0. The molecule has 0 atom stereocenters. The normalized spacial score (nSPS) is 11.9. The van der Waals surface area contributed by atoms with Crippen molar-refractivity contribution in [2.24, 2.45) is 4.99 Å². The van der Waals surface area contributed by atoms with Crippen LogP contribution in [0.2, 0.25) is 0 Å². The van der Waals surface area contributed by atoms with Gasteiger partial charge in [-0.15, -0.1) is 0 Å². The molecule has 258 valence electrons. The molecular formula is C49H37N5. The largest absolute Gasteiger partial charge is 0.265 e. The van der Waals surface area contributed by atoms with Crippen LogP contribution in [0.3, 0.4) is 0 Å². The van der Waals surface area contributed by atoms with Gasteiger partial charge in [-0.25, -0.2) is 19.9 Å². The first-order valence-electron chi connectivity index (χ1n) is 18.0. The lowest BCUT2D eigenvalue weighted by Crippen LogP contribution is -2.04. The number of rotatable bonds is 8. The molecule has 0 saturated carbocycles. The Labute approximate surface area is 315 Å². The van der Waals surface area contributed by atoms with E-state index in [0.717, 1.165) is 72.3 Å². The molecule has 8 aromatic rings. The molecule has 0 amide bonds. The number of pyridine rings is 1. The van der Waals surface area contributed by atoms with Crippen LogP contribution in [0.25, 0.3) is 67.7 Å². The van der Waals surface area contributed by atoms with E-state index in [1.165, 1.54) is 0 Å². The molecule has 0 spiro atoms. The highest BCUT2D eigenvalue weighted by Gasteiger charge is 2.16. The number of allylic oxidation sites excluding steroid dienone is 1. The molecule has 5 nitrogen and oxygen atoms in total. The van der Waals surface area contributed by atoms with Gasteiger partial charge in [0, 0.05) is 34.6 Å². The molecule has 0 saturated heterocycles. The summed E-state index contributed by atoms with van der Waals surface area (Å²) in [6.45, 7) is 4.26. The fourth-order valence-electron chi connectivity index (χ4n) is 6.48. The third-order valence-electron chi connectivity index (χ3n) is 9.39. The first-order chi connectivity index (χ1) is 26.6.